The molecule has 4 nitrogen and oxygen atoms in total. The van der Waals surface area contributed by atoms with Crippen LogP contribution < -0.4 is 4.90 Å². The van der Waals surface area contributed by atoms with Gasteiger partial charge in [-0.1, -0.05) is 20.8 Å². The van der Waals surface area contributed by atoms with E-state index in [4.69, 9.17) is 0 Å². The fraction of sp³-hybridized carbons (Fsp3) is 0.500. The van der Waals surface area contributed by atoms with Gasteiger partial charge in [0.25, 0.3) is 0 Å². The Morgan fingerprint density at radius 3 is 2.62 bits per heavy atom. The number of nitrogens with zero attached hydrogens (tertiary/aromatic N) is 3. The smallest absolute Gasteiger partial charge is 0.205 e. The monoisotopic (exact) mass is 347 g/mol. The van der Waals surface area contributed by atoms with E-state index in [1.165, 1.54) is 23.7 Å². The van der Waals surface area contributed by atoms with Crippen molar-refractivity contribution in [2.75, 3.05) is 18.0 Å². The number of carbonyl (C=O) groups excluding carboxylic acids is 1. The Morgan fingerprint density at radius 2 is 2.00 bits per heavy atom. The molecular formula is C18H22FN3OS. The lowest BCUT2D eigenvalue weighted by atomic mass is 9.90. The molecule has 2 heterocycles. The molecule has 0 radical (unpaired) electrons. The standard InChI is InChI=1S/C18H22FN3OS/c1-18(2,3)16-20-17(24-21-16)22-10-4-5-13(11-22)15(23)12-6-8-14(19)9-7-12/h6-9,13H,4-5,10-11H2,1-3H3. The topological polar surface area (TPSA) is 46.1 Å². The fourth-order valence-electron chi connectivity index (χ4n) is 2.86. The van der Waals surface area contributed by atoms with Gasteiger partial charge in [0.1, 0.15) is 11.6 Å². The molecule has 0 spiro atoms. The van der Waals surface area contributed by atoms with Crippen molar-refractivity contribution in [1.82, 2.24) is 9.36 Å². The van der Waals surface area contributed by atoms with Crippen molar-refractivity contribution in [3.63, 3.8) is 0 Å². The minimum Gasteiger partial charge on any atom is -0.346 e. The molecule has 0 aliphatic carbocycles. The molecule has 1 aromatic carbocycles. The summed E-state index contributed by atoms with van der Waals surface area (Å²) in [6.45, 7) is 7.82. The van der Waals surface area contributed by atoms with Gasteiger partial charge in [-0.3, -0.25) is 4.79 Å². The Morgan fingerprint density at radius 1 is 1.29 bits per heavy atom. The van der Waals surface area contributed by atoms with Crippen molar-refractivity contribution in [1.29, 1.82) is 0 Å². The maximum absolute atomic E-state index is 13.0. The number of rotatable bonds is 3. The van der Waals surface area contributed by atoms with Crippen LogP contribution in [0.25, 0.3) is 0 Å². The number of anilines is 1. The average Bonchev–Trinajstić information content (AvgIpc) is 3.05. The minimum atomic E-state index is -0.319. The Kier molecular flexibility index (Phi) is 4.67. The largest absolute Gasteiger partial charge is 0.346 e. The van der Waals surface area contributed by atoms with E-state index in [-0.39, 0.29) is 22.9 Å². The molecule has 1 aliphatic rings. The van der Waals surface area contributed by atoms with Crippen LogP contribution in [0, 0.1) is 11.7 Å². The molecule has 1 fully saturated rings. The zero-order valence-electron chi connectivity index (χ0n) is 14.3. The van der Waals surface area contributed by atoms with Crippen molar-refractivity contribution >= 4 is 22.4 Å². The van der Waals surface area contributed by atoms with Crippen LogP contribution in [-0.2, 0) is 5.41 Å². The van der Waals surface area contributed by atoms with E-state index < -0.39 is 0 Å². The second kappa shape index (κ2) is 6.59. The molecule has 2 aromatic rings. The van der Waals surface area contributed by atoms with E-state index in [0.717, 1.165) is 30.3 Å². The van der Waals surface area contributed by atoms with Crippen LogP contribution in [0.2, 0.25) is 0 Å². The highest BCUT2D eigenvalue weighted by Crippen LogP contribution is 2.29. The van der Waals surface area contributed by atoms with Crippen molar-refractivity contribution in [2.24, 2.45) is 5.92 Å². The molecular weight excluding hydrogens is 325 g/mol. The van der Waals surface area contributed by atoms with Crippen molar-refractivity contribution in [3.8, 4) is 0 Å². The molecule has 1 atom stereocenters. The van der Waals surface area contributed by atoms with Crippen LogP contribution in [0.3, 0.4) is 0 Å². The van der Waals surface area contributed by atoms with Crippen LogP contribution in [0.1, 0.15) is 49.8 Å². The van der Waals surface area contributed by atoms with E-state index in [1.807, 2.05) is 0 Å². The first-order chi connectivity index (χ1) is 11.3. The van der Waals surface area contributed by atoms with Gasteiger partial charge in [-0.25, -0.2) is 9.37 Å². The maximum Gasteiger partial charge on any atom is 0.205 e. The van der Waals surface area contributed by atoms with Gasteiger partial charge >= 0.3 is 0 Å². The lowest BCUT2D eigenvalue weighted by Gasteiger charge is -2.31. The zero-order chi connectivity index (χ0) is 17.3. The van der Waals surface area contributed by atoms with Crippen LogP contribution in [0.5, 0.6) is 0 Å². The second-order valence-electron chi connectivity index (χ2n) is 7.31. The molecule has 0 saturated carbocycles. The van der Waals surface area contributed by atoms with Crippen LogP contribution in [-0.4, -0.2) is 28.2 Å². The maximum atomic E-state index is 13.0. The third-order valence-electron chi connectivity index (χ3n) is 4.28. The number of hydrogen-bond acceptors (Lipinski definition) is 5. The quantitative estimate of drug-likeness (QED) is 0.785. The summed E-state index contributed by atoms with van der Waals surface area (Å²) in [4.78, 5) is 19.5. The minimum absolute atomic E-state index is 0.0755. The van der Waals surface area contributed by atoms with Gasteiger partial charge in [0.2, 0.25) is 5.13 Å². The summed E-state index contributed by atoms with van der Waals surface area (Å²) in [5, 5.41) is 0.886. The van der Waals surface area contributed by atoms with E-state index >= 15 is 0 Å². The first-order valence-electron chi connectivity index (χ1n) is 8.23. The molecule has 1 aliphatic heterocycles. The third kappa shape index (κ3) is 3.64. The Balaban J connectivity index is 1.73. The summed E-state index contributed by atoms with van der Waals surface area (Å²) < 4.78 is 17.5. The van der Waals surface area contributed by atoms with Gasteiger partial charge in [0.05, 0.1) is 0 Å². The number of halogens is 1. The summed E-state index contributed by atoms with van der Waals surface area (Å²) in [6, 6.07) is 5.82. The Bertz CT molecular complexity index is 721. The van der Waals surface area contributed by atoms with Crippen molar-refractivity contribution < 1.29 is 9.18 Å². The number of ketones is 1. The van der Waals surface area contributed by atoms with Gasteiger partial charge < -0.3 is 4.90 Å². The zero-order valence-corrected chi connectivity index (χ0v) is 15.1. The highest BCUT2D eigenvalue weighted by Gasteiger charge is 2.29. The molecule has 0 amide bonds. The van der Waals surface area contributed by atoms with E-state index in [2.05, 4.69) is 35.0 Å². The normalized spacial score (nSPS) is 18.7. The van der Waals surface area contributed by atoms with Gasteiger partial charge in [-0.05, 0) is 37.1 Å². The fourth-order valence-corrected chi connectivity index (χ4v) is 3.75. The first-order valence-corrected chi connectivity index (χ1v) is 9.01. The van der Waals surface area contributed by atoms with Crippen LogP contribution >= 0.6 is 11.5 Å². The summed E-state index contributed by atoms with van der Waals surface area (Å²) in [5.74, 6) is 0.529. The third-order valence-corrected chi connectivity index (χ3v) is 5.05. The number of aromatic nitrogens is 2. The highest BCUT2D eigenvalue weighted by molar-refractivity contribution is 7.09. The molecule has 24 heavy (non-hydrogen) atoms. The van der Waals surface area contributed by atoms with Crippen molar-refractivity contribution in [3.05, 3.63) is 41.5 Å². The predicted molar refractivity (Wildman–Crippen MR) is 94.3 cm³/mol. The number of Topliss-reactive ketones (excluding diaryl/α,β-unsaturated/α-hetero) is 1. The first kappa shape index (κ1) is 17.0. The number of piperidine rings is 1. The summed E-state index contributed by atoms with van der Waals surface area (Å²) in [7, 11) is 0. The van der Waals surface area contributed by atoms with Gasteiger partial charge in [0, 0.05) is 41.5 Å². The Labute approximate surface area is 145 Å². The molecule has 6 heteroatoms. The average molecular weight is 347 g/mol. The number of carbonyl (C=O) groups is 1. The van der Waals surface area contributed by atoms with E-state index in [0.29, 0.717) is 12.1 Å². The Hall–Kier alpha value is -1.82. The molecule has 128 valence electrons. The van der Waals surface area contributed by atoms with Gasteiger partial charge in [0.15, 0.2) is 5.78 Å². The summed E-state index contributed by atoms with van der Waals surface area (Å²) in [5.41, 5.74) is 0.504. The molecule has 1 unspecified atom stereocenters. The molecule has 3 rings (SSSR count). The lowest BCUT2D eigenvalue weighted by Crippen LogP contribution is -2.38. The predicted octanol–water partition coefficient (Wildman–Crippen LogP) is 4.07. The van der Waals surface area contributed by atoms with Crippen LogP contribution in [0.4, 0.5) is 9.52 Å². The van der Waals surface area contributed by atoms with E-state index in [9.17, 15) is 9.18 Å². The SMILES string of the molecule is CC(C)(C)c1nsc(N2CCCC(C(=O)c3ccc(F)cc3)C2)n1. The van der Waals surface area contributed by atoms with Gasteiger partial charge in [-0.15, -0.1) is 0 Å². The molecule has 0 bridgehead atoms. The van der Waals surface area contributed by atoms with Crippen LogP contribution in [0.15, 0.2) is 24.3 Å². The van der Waals surface area contributed by atoms with E-state index in [1.54, 1.807) is 12.1 Å². The second-order valence-corrected chi connectivity index (χ2v) is 8.04. The molecule has 1 aromatic heterocycles. The summed E-state index contributed by atoms with van der Waals surface area (Å²) in [6.07, 6.45) is 1.81. The lowest BCUT2D eigenvalue weighted by molar-refractivity contribution is 0.0907. The number of benzene rings is 1. The highest BCUT2D eigenvalue weighted by atomic mass is 32.1. The van der Waals surface area contributed by atoms with Crippen molar-refractivity contribution in [2.45, 2.75) is 39.0 Å². The molecule has 0 N–H and O–H groups in total. The molecule has 1 saturated heterocycles. The van der Waals surface area contributed by atoms with Gasteiger partial charge in [-0.2, -0.15) is 4.37 Å². The number of hydrogen-bond donors (Lipinski definition) is 0. The summed E-state index contributed by atoms with van der Waals surface area (Å²) >= 11 is 1.40.